The van der Waals surface area contributed by atoms with E-state index in [4.69, 9.17) is 5.73 Å². The van der Waals surface area contributed by atoms with Crippen molar-refractivity contribution in [1.82, 2.24) is 0 Å². The molecule has 0 fully saturated rings. The normalized spacial score (nSPS) is 11.7. The monoisotopic (exact) mass is 737 g/mol. The summed E-state index contributed by atoms with van der Waals surface area (Å²) in [4.78, 5) is 29.2. The largest absolute Gasteiger partial charge is 0.398 e. The molecule has 1 atom stereocenters. The van der Waals surface area contributed by atoms with E-state index in [-0.39, 0.29) is 17.6 Å². The maximum Gasteiger partial charge on any atom is 0.132 e. The molecule has 1 aromatic carbocycles. The summed E-state index contributed by atoms with van der Waals surface area (Å²) in [6, 6.07) is 8.80. The summed E-state index contributed by atoms with van der Waals surface area (Å²) in [5.41, 5.74) is 16.9. The van der Waals surface area contributed by atoms with Crippen LogP contribution >= 0.6 is 0 Å². The van der Waals surface area contributed by atoms with Crippen molar-refractivity contribution < 1.29 is 14.4 Å². The fourth-order valence-electron chi connectivity index (χ4n) is 4.60. The van der Waals surface area contributed by atoms with E-state index >= 15 is 0 Å². The number of aldehydes is 2. The lowest BCUT2D eigenvalue weighted by atomic mass is 9.85. The van der Waals surface area contributed by atoms with Crippen LogP contribution in [0, 0.1) is 29.1 Å². The van der Waals surface area contributed by atoms with Gasteiger partial charge in [-0.3, -0.25) is 4.79 Å². The Bertz CT molecular complexity index is 1230. The Hall–Kier alpha value is -3.52. The van der Waals surface area contributed by atoms with Crippen molar-refractivity contribution in [1.29, 1.82) is 5.26 Å². The highest BCUT2D eigenvalue weighted by molar-refractivity contribution is 5.77. The molecule has 0 spiro atoms. The molecule has 0 aliphatic heterocycles. The van der Waals surface area contributed by atoms with Crippen LogP contribution in [0.15, 0.2) is 58.7 Å². The molecule has 0 saturated heterocycles. The summed E-state index contributed by atoms with van der Waals surface area (Å²) < 4.78 is 0. The molecule has 5 heteroatoms. The number of carbonyl (C=O) groups excluding carboxylic acids is 3. The Labute approximate surface area is 329 Å². The highest BCUT2D eigenvalue weighted by Gasteiger charge is 2.18. The predicted octanol–water partition coefficient (Wildman–Crippen LogP) is 14.0. The highest BCUT2D eigenvalue weighted by Crippen LogP contribution is 2.32. The molecule has 1 unspecified atom stereocenters. The molecule has 0 aliphatic carbocycles. The zero-order valence-corrected chi connectivity index (χ0v) is 37.7. The van der Waals surface area contributed by atoms with E-state index in [0.29, 0.717) is 12.6 Å². The van der Waals surface area contributed by atoms with E-state index in [1.54, 1.807) is 13.8 Å². The average molecular weight is 737 g/mol. The van der Waals surface area contributed by atoms with Crippen LogP contribution in [0.2, 0.25) is 0 Å². The molecule has 0 heterocycles. The topological polar surface area (TPSA) is 101 Å². The smallest absolute Gasteiger partial charge is 0.132 e. The van der Waals surface area contributed by atoms with Crippen molar-refractivity contribution in [2.24, 2.45) is 23.5 Å². The Morgan fingerprint density at radius 1 is 0.811 bits per heavy atom. The van der Waals surface area contributed by atoms with Crippen LogP contribution < -0.4 is 5.73 Å². The van der Waals surface area contributed by atoms with Crippen LogP contribution in [0.25, 0.3) is 5.70 Å². The number of ketones is 1. The molecule has 0 saturated carbocycles. The molecular formula is C48H84N2O3. The molecule has 0 aromatic heterocycles. The summed E-state index contributed by atoms with van der Waals surface area (Å²) in [7, 11) is 0. The molecule has 1 rings (SSSR count). The lowest BCUT2D eigenvalue weighted by molar-refractivity contribution is -0.120. The number of aryl methyl sites for hydroxylation is 2. The second-order valence-electron chi connectivity index (χ2n) is 13.3. The lowest BCUT2D eigenvalue weighted by Gasteiger charge is -2.22. The molecular weight excluding hydrogens is 653 g/mol. The zero-order valence-electron chi connectivity index (χ0n) is 37.7. The first-order valence-corrected chi connectivity index (χ1v) is 20.5. The van der Waals surface area contributed by atoms with Crippen molar-refractivity contribution in [2.45, 2.75) is 182 Å². The minimum atomic E-state index is -0.426. The molecule has 5 nitrogen and oxygen atoms in total. The number of carbonyl (C=O) groups is 3. The molecule has 0 bridgehead atoms. The number of nitrogens with two attached hydrogens (primary N) is 1. The SMILES string of the molecule is C=C(CCCCC)CC(C)C(/C=C(C)/C(C)=C(\C)C#N)=C(\N)c1c(CC)cccc1CC.CC.CC.CC(=O)C(C)C.CC(C=O)C=O.CCCCC. The number of nitrogens with zero attached hydrogens (tertiary/aromatic N) is 1. The Morgan fingerprint density at radius 2 is 1.25 bits per heavy atom. The first-order chi connectivity index (χ1) is 25.1. The third-order valence-electron chi connectivity index (χ3n) is 8.48. The van der Waals surface area contributed by atoms with E-state index in [0.717, 1.165) is 53.7 Å². The van der Waals surface area contributed by atoms with Gasteiger partial charge in [0.2, 0.25) is 0 Å². The van der Waals surface area contributed by atoms with E-state index in [1.807, 2.05) is 55.4 Å². The Balaban J connectivity index is -0.000000297. The number of nitriles is 1. The van der Waals surface area contributed by atoms with Gasteiger partial charge in [0.05, 0.1) is 12.0 Å². The second-order valence-corrected chi connectivity index (χ2v) is 13.3. The van der Waals surface area contributed by atoms with Gasteiger partial charge in [0.15, 0.2) is 0 Å². The maximum absolute atomic E-state index is 10.1. The van der Waals surface area contributed by atoms with Crippen molar-refractivity contribution >= 4 is 24.1 Å². The van der Waals surface area contributed by atoms with E-state index < -0.39 is 5.92 Å². The number of hydrogen-bond acceptors (Lipinski definition) is 5. The number of Topliss-reactive ketones (excluding diaryl/α,β-unsaturated/α-hetero) is 1. The number of unbranched alkanes of at least 4 members (excludes halogenated alkanes) is 4. The molecule has 0 amide bonds. The number of hydrogen-bond donors (Lipinski definition) is 1. The third-order valence-corrected chi connectivity index (χ3v) is 8.48. The molecule has 1 aromatic rings. The van der Waals surface area contributed by atoms with Gasteiger partial charge in [-0.15, -0.1) is 0 Å². The van der Waals surface area contributed by atoms with E-state index in [9.17, 15) is 19.6 Å². The summed E-state index contributed by atoms with van der Waals surface area (Å²) in [6.07, 6.45) is 15.1. The molecule has 304 valence electrons. The molecule has 0 aliphatic rings. The summed E-state index contributed by atoms with van der Waals surface area (Å²) in [5, 5.41) is 9.36. The van der Waals surface area contributed by atoms with Crippen molar-refractivity contribution in [3.05, 3.63) is 75.4 Å². The van der Waals surface area contributed by atoms with Gasteiger partial charge in [0.25, 0.3) is 0 Å². The van der Waals surface area contributed by atoms with Gasteiger partial charge in [-0.25, -0.2) is 0 Å². The number of benzene rings is 1. The zero-order chi connectivity index (χ0) is 42.5. The van der Waals surface area contributed by atoms with Gasteiger partial charge >= 0.3 is 0 Å². The fourth-order valence-corrected chi connectivity index (χ4v) is 4.60. The van der Waals surface area contributed by atoms with Gasteiger partial charge in [-0.05, 0) is 100 Å². The summed E-state index contributed by atoms with van der Waals surface area (Å²) in [6.45, 7) is 38.6. The van der Waals surface area contributed by atoms with Crippen molar-refractivity contribution in [3.63, 3.8) is 0 Å². The van der Waals surface area contributed by atoms with Gasteiger partial charge in [0.1, 0.15) is 18.4 Å². The van der Waals surface area contributed by atoms with Crippen LogP contribution in [-0.2, 0) is 27.2 Å². The highest BCUT2D eigenvalue weighted by atomic mass is 16.1. The Morgan fingerprint density at radius 3 is 1.55 bits per heavy atom. The Kier molecular flexibility index (Phi) is 44.0. The standard InChI is InChI=1S/C30H44N2.C5H10O.C5H12.C4H6O2.2C2H6/c1-9-12-13-15-21(4)18-23(6)28(19-22(5)25(8)24(7)20-31)30(32)29-26(10-2)16-14-17-27(29)11-3;1-4(2)5(3)6;1-3-5-4-2;1-4(2-5)3-6;2*1-2/h14,16-17,19,23H,4,9-13,15,18,32H2,1-3,5-8H3;4H,1-3H3;3-5H2,1-2H3;2-4H,1H3;2*1-2H3/b22-19+,25-24+,30-28-;;;;;. The minimum absolute atomic E-state index is 0.213. The van der Waals surface area contributed by atoms with Gasteiger partial charge in [0, 0.05) is 22.8 Å². The minimum Gasteiger partial charge on any atom is -0.398 e. The third kappa shape index (κ3) is 29.6. The van der Waals surface area contributed by atoms with Gasteiger partial charge in [-0.2, -0.15) is 5.26 Å². The first-order valence-electron chi connectivity index (χ1n) is 20.5. The quantitative estimate of drug-likeness (QED) is 0.0428. The van der Waals surface area contributed by atoms with Crippen LogP contribution in [-0.4, -0.2) is 18.4 Å². The van der Waals surface area contributed by atoms with Gasteiger partial charge < -0.3 is 15.3 Å². The summed E-state index contributed by atoms with van der Waals surface area (Å²) in [5.74, 6) is 0.300. The first kappa shape index (κ1) is 58.8. The average Bonchev–Trinajstić information content (AvgIpc) is 3.17. The van der Waals surface area contributed by atoms with Crippen LogP contribution in [0.1, 0.15) is 186 Å². The number of rotatable bonds is 17. The summed E-state index contributed by atoms with van der Waals surface area (Å²) >= 11 is 0. The second kappa shape index (κ2) is 39.7. The maximum atomic E-state index is 10.1. The lowest BCUT2D eigenvalue weighted by Crippen LogP contribution is -2.12. The predicted molar refractivity (Wildman–Crippen MR) is 236 cm³/mol. The molecule has 0 radical (unpaired) electrons. The number of allylic oxidation sites excluding steroid dienone is 6. The van der Waals surface area contributed by atoms with Crippen LogP contribution in [0.3, 0.4) is 0 Å². The van der Waals surface area contributed by atoms with E-state index in [1.165, 1.54) is 60.8 Å². The fraction of sp³-hybridized carbons (Fsp3) is 0.625. The van der Waals surface area contributed by atoms with Crippen LogP contribution in [0.4, 0.5) is 0 Å². The molecule has 2 N–H and O–H groups in total. The molecule has 53 heavy (non-hydrogen) atoms. The van der Waals surface area contributed by atoms with Gasteiger partial charge in [-0.1, -0.05) is 152 Å². The van der Waals surface area contributed by atoms with Crippen molar-refractivity contribution in [3.8, 4) is 6.07 Å². The van der Waals surface area contributed by atoms with Crippen LogP contribution in [0.5, 0.6) is 0 Å². The van der Waals surface area contributed by atoms with Crippen molar-refractivity contribution in [2.75, 3.05) is 0 Å². The van der Waals surface area contributed by atoms with E-state index in [2.05, 4.69) is 85.4 Å².